The van der Waals surface area contributed by atoms with Gasteiger partial charge in [0, 0.05) is 24.5 Å². The van der Waals surface area contributed by atoms with Crippen molar-refractivity contribution in [3.63, 3.8) is 0 Å². The monoisotopic (exact) mass is 192 g/mol. The number of aromatic nitrogens is 1. The fraction of sp³-hybridized carbons (Fsp3) is 0.400. The van der Waals surface area contributed by atoms with E-state index in [0.29, 0.717) is 25.3 Å². The summed E-state index contributed by atoms with van der Waals surface area (Å²) in [5.74, 6) is 0.0636. The van der Waals surface area contributed by atoms with Crippen molar-refractivity contribution in [3.8, 4) is 0 Å². The molecule has 74 valence electrons. The van der Waals surface area contributed by atoms with Gasteiger partial charge < -0.3 is 10.5 Å². The molecule has 4 nitrogen and oxygen atoms in total. The summed E-state index contributed by atoms with van der Waals surface area (Å²) in [5, 5.41) is 0. The lowest BCUT2D eigenvalue weighted by Gasteiger charge is -2.38. The summed E-state index contributed by atoms with van der Waals surface area (Å²) >= 11 is 0. The van der Waals surface area contributed by atoms with Crippen molar-refractivity contribution in [3.05, 3.63) is 30.1 Å². The Labute approximate surface area is 82.1 Å². The maximum atomic E-state index is 12.0. The van der Waals surface area contributed by atoms with Crippen molar-refractivity contribution in [2.75, 3.05) is 19.8 Å². The maximum absolute atomic E-state index is 12.0. The van der Waals surface area contributed by atoms with Gasteiger partial charge in [0.2, 0.25) is 0 Å². The largest absolute Gasteiger partial charge is 0.379 e. The molecule has 0 bridgehead atoms. The molecular formula is C10H12N2O2. The minimum atomic E-state index is -0.485. The highest BCUT2D eigenvalue weighted by Gasteiger charge is 2.44. The third-order valence-electron chi connectivity index (χ3n) is 2.57. The molecule has 0 radical (unpaired) electrons. The average Bonchev–Trinajstić information content (AvgIpc) is 2.18. The molecule has 2 rings (SSSR count). The van der Waals surface area contributed by atoms with E-state index in [-0.39, 0.29) is 5.78 Å². The topological polar surface area (TPSA) is 65.2 Å². The Bertz CT molecular complexity index is 328. The van der Waals surface area contributed by atoms with E-state index in [1.165, 1.54) is 0 Å². The molecule has 2 N–H and O–H groups in total. The molecule has 1 fully saturated rings. The molecule has 4 heteroatoms. The Morgan fingerprint density at radius 2 is 2.14 bits per heavy atom. The highest BCUT2D eigenvalue weighted by molar-refractivity contribution is 6.01. The van der Waals surface area contributed by atoms with E-state index in [4.69, 9.17) is 10.5 Å². The first-order valence-corrected chi connectivity index (χ1v) is 4.51. The van der Waals surface area contributed by atoms with Crippen LogP contribution in [0.15, 0.2) is 24.5 Å². The second-order valence-corrected chi connectivity index (χ2v) is 3.54. The highest BCUT2D eigenvalue weighted by atomic mass is 16.5. The Morgan fingerprint density at radius 1 is 1.50 bits per heavy atom. The van der Waals surface area contributed by atoms with Gasteiger partial charge in [0.15, 0.2) is 5.78 Å². The van der Waals surface area contributed by atoms with E-state index in [0.717, 1.165) is 0 Å². The van der Waals surface area contributed by atoms with Crippen molar-refractivity contribution in [1.82, 2.24) is 4.98 Å². The molecule has 2 heterocycles. The summed E-state index contributed by atoms with van der Waals surface area (Å²) in [6.45, 7) is 1.21. The first-order chi connectivity index (χ1) is 6.78. The number of hydrogen-bond donors (Lipinski definition) is 1. The lowest BCUT2D eigenvalue weighted by molar-refractivity contribution is -0.0816. The number of carbonyl (C=O) groups excluding carboxylic acids is 1. The summed E-state index contributed by atoms with van der Waals surface area (Å²) in [7, 11) is 0. The number of carbonyl (C=O) groups is 1. The Balaban J connectivity index is 2.23. The second kappa shape index (κ2) is 3.48. The molecule has 0 amide bonds. The molecule has 0 aromatic carbocycles. The van der Waals surface area contributed by atoms with E-state index < -0.39 is 5.41 Å². The zero-order valence-electron chi connectivity index (χ0n) is 7.77. The van der Waals surface area contributed by atoms with Gasteiger partial charge in [-0.05, 0) is 12.1 Å². The molecule has 0 saturated carbocycles. The summed E-state index contributed by atoms with van der Waals surface area (Å²) in [6, 6.07) is 3.41. The number of Topliss-reactive ketones (excluding diaryl/α,β-unsaturated/α-hetero) is 1. The summed E-state index contributed by atoms with van der Waals surface area (Å²) in [5.41, 5.74) is 5.77. The SMILES string of the molecule is NCC1(C(=O)c2ccncc2)COC1. The number of nitrogens with zero attached hydrogens (tertiary/aromatic N) is 1. The number of rotatable bonds is 3. The van der Waals surface area contributed by atoms with Gasteiger partial charge in [-0.15, -0.1) is 0 Å². The number of ketones is 1. The van der Waals surface area contributed by atoms with Crippen molar-refractivity contribution in [1.29, 1.82) is 0 Å². The molecule has 1 aromatic rings. The lowest BCUT2D eigenvalue weighted by Crippen LogP contribution is -2.54. The quantitative estimate of drug-likeness (QED) is 0.697. The van der Waals surface area contributed by atoms with Crippen molar-refractivity contribution >= 4 is 5.78 Å². The number of nitrogens with two attached hydrogens (primary N) is 1. The van der Waals surface area contributed by atoms with E-state index in [1.54, 1.807) is 24.5 Å². The van der Waals surface area contributed by atoms with E-state index in [2.05, 4.69) is 4.98 Å². The predicted octanol–water partition coefficient (Wildman–Crippen LogP) is 0.240. The zero-order chi connectivity index (χ0) is 10.0. The number of pyridine rings is 1. The van der Waals surface area contributed by atoms with Gasteiger partial charge in [0.05, 0.1) is 18.6 Å². The van der Waals surface area contributed by atoms with Crippen molar-refractivity contribution < 1.29 is 9.53 Å². The zero-order valence-corrected chi connectivity index (χ0v) is 7.77. The van der Waals surface area contributed by atoms with Crippen LogP contribution in [0.25, 0.3) is 0 Å². The van der Waals surface area contributed by atoms with Crippen LogP contribution in [0.3, 0.4) is 0 Å². The van der Waals surface area contributed by atoms with Gasteiger partial charge in [-0.25, -0.2) is 0 Å². The molecule has 1 aromatic heterocycles. The van der Waals surface area contributed by atoms with Crippen molar-refractivity contribution in [2.24, 2.45) is 11.1 Å². The fourth-order valence-electron chi connectivity index (χ4n) is 1.50. The van der Waals surface area contributed by atoms with Crippen LogP contribution in [-0.2, 0) is 4.74 Å². The van der Waals surface area contributed by atoms with Gasteiger partial charge in [-0.1, -0.05) is 0 Å². The van der Waals surface area contributed by atoms with Crippen LogP contribution < -0.4 is 5.73 Å². The molecule has 1 aliphatic heterocycles. The van der Waals surface area contributed by atoms with Gasteiger partial charge in [0.1, 0.15) is 0 Å². The molecule has 0 spiro atoms. The standard InChI is InChI=1S/C10H12N2O2/c11-5-10(6-14-7-10)9(13)8-1-3-12-4-2-8/h1-4H,5-7,11H2. The van der Waals surface area contributed by atoms with Crippen LogP contribution in [0.2, 0.25) is 0 Å². The highest BCUT2D eigenvalue weighted by Crippen LogP contribution is 2.30. The lowest BCUT2D eigenvalue weighted by atomic mass is 9.79. The average molecular weight is 192 g/mol. The van der Waals surface area contributed by atoms with Gasteiger partial charge in [0.25, 0.3) is 0 Å². The predicted molar refractivity (Wildman–Crippen MR) is 50.9 cm³/mol. The fourth-order valence-corrected chi connectivity index (χ4v) is 1.50. The van der Waals surface area contributed by atoms with Crippen LogP contribution in [0.5, 0.6) is 0 Å². The van der Waals surface area contributed by atoms with Gasteiger partial charge in [-0.2, -0.15) is 0 Å². The van der Waals surface area contributed by atoms with Crippen molar-refractivity contribution in [2.45, 2.75) is 0 Å². The third-order valence-corrected chi connectivity index (χ3v) is 2.57. The Hall–Kier alpha value is -1.26. The molecule has 0 aliphatic carbocycles. The molecule has 1 saturated heterocycles. The molecule has 1 aliphatic rings. The minimum absolute atomic E-state index is 0.0636. The Kier molecular flexibility index (Phi) is 2.31. The van der Waals surface area contributed by atoms with Gasteiger partial charge in [-0.3, -0.25) is 9.78 Å². The summed E-state index contributed by atoms with van der Waals surface area (Å²) in [6.07, 6.45) is 3.22. The van der Waals surface area contributed by atoms with Crippen LogP contribution in [0, 0.1) is 5.41 Å². The molecular weight excluding hydrogens is 180 g/mol. The van der Waals surface area contributed by atoms with E-state index in [1.807, 2.05) is 0 Å². The number of ether oxygens (including phenoxy) is 1. The first kappa shape index (κ1) is 9.30. The van der Waals surface area contributed by atoms with Crippen LogP contribution >= 0.6 is 0 Å². The maximum Gasteiger partial charge on any atom is 0.175 e. The Morgan fingerprint density at radius 3 is 2.57 bits per heavy atom. The smallest absolute Gasteiger partial charge is 0.175 e. The molecule has 14 heavy (non-hydrogen) atoms. The molecule has 0 unspecified atom stereocenters. The van der Waals surface area contributed by atoms with Crippen LogP contribution in [-0.4, -0.2) is 30.5 Å². The summed E-state index contributed by atoms with van der Waals surface area (Å²) in [4.78, 5) is 15.9. The first-order valence-electron chi connectivity index (χ1n) is 4.51. The van der Waals surface area contributed by atoms with E-state index in [9.17, 15) is 4.79 Å². The van der Waals surface area contributed by atoms with Crippen LogP contribution in [0.1, 0.15) is 10.4 Å². The minimum Gasteiger partial charge on any atom is -0.379 e. The number of hydrogen-bond acceptors (Lipinski definition) is 4. The van der Waals surface area contributed by atoms with Gasteiger partial charge >= 0.3 is 0 Å². The normalized spacial score (nSPS) is 18.6. The van der Waals surface area contributed by atoms with Crippen LogP contribution in [0.4, 0.5) is 0 Å². The second-order valence-electron chi connectivity index (χ2n) is 3.54. The third kappa shape index (κ3) is 1.32. The summed E-state index contributed by atoms with van der Waals surface area (Å²) < 4.78 is 5.06. The molecule has 0 atom stereocenters. The van der Waals surface area contributed by atoms with E-state index >= 15 is 0 Å².